The van der Waals surface area contributed by atoms with Crippen LogP contribution in [-0.4, -0.2) is 16.7 Å². The van der Waals surface area contributed by atoms with Gasteiger partial charge >= 0.3 is 0 Å². The van der Waals surface area contributed by atoms with Gasteiger partial charge in [-0.25, -0.2) is 4.98 Å². The van der Waals surface area contributed by atoms with Crippen LogP contribution in [0.25, 0.3) is 0 Å². The van der Waals surface area contributed by atoms with Crippen LogP contribution >= 0.6 is 11.6 Å². The average Bonchev–Trinajstić information content (AvgIpc) is 3.00. The number of carbonyl (C=O) groups excluding carboxylic acids is 2. The van der Waals surface area contributed by atoms with E-state index in [2.05, 4.69) is 16.4 Å². The van der Waals surface area contributed by atoms with Gasteiger partial charge in [-0.2, -0.15) is 5.26 Å². The lowest BCUT2D eigenvalue weighted by Crippen LogP contribution is -2.52. The van der Waals surface area contributed by atoms with Gasteiger partial charge in [0.2, 0.25) is 5.91 Å². The van der Waals surface area contributed by atoms with E-state index in [9.17, 15) is 14.9 Å². The Bertz CT molecular complexity index is 1350. The van der Waals surface area contributed by atoms with Crippen LogP contribution in [0.4, 0.5) is 11.5 Å². The predicted octanol–water partition coefficient (Wildman–Crippen LogP) is 4.09. The number of nitrogens with two attached hydrogens (primary N) is 1. The average molecular weight is 460 g/mol. The highest BCUT2D eigenvalue weighted by molar-refractivity contribution is 6.30. The summed E-state index contributed by atoms with van der Waals surface area (Å²) in [6.07, 6.45) is 2.22. The summed E-state index contributed by atoms with van der Waals surface area (Å²) < 4.78 is 0. The molecule has 1 aliphatic carbocycles. The fourth-order valence-electron chi connectivity index (χ4n) is 5.29. The second kappa shape index (κ2) is 6.93. The number of hydrogen-bond donors (Lipinski definition) is 2. The first-order valence-electron chi connectivity index (χ1n) is 10.6. The molecule has 0 fully saturated rings. The molecule has 0 radical (unpaired) electrons. The second-order valence-corrected chi connectivity index (χ2v) is 9.99. The Morgan fingerprint density at radius 1 is 1.21 bits per heavy atom. The van der Waals surface area contributed by atoms with Crippen molar-refractivity contribution in [1.29, 1.82) is 5.26 Å². The molecule has 0 bridgehead atoms. The first-order chi connectivity index (χ1) is 15.6. The van der Waals surface area contributed by atoms with Crippen LogP contribution in [0.3, 0.4) is 0 Å². The maximum absolute atomic E-state index is 13.8. The highest BCUT2D eigenvalue weighted by Gasteiger charge is 2.61. The first kappa shape index (κ1) is 21.2. The monoisotopic (exact) mass is 459 g/mol. The van der Waals surface area contributed by atoms with Crippen molar-refractivity contribution in [3.8, 4) is 6.07 Å². The molecule has 0 saturated carbocycles. The van der Waals surface area contributed by atoms with Crippen LogP contribution in [0.2, 0.25) is 5.02 Å². The van der Waals surface area contributed by atoms with Crippen LogP contribution in [0, 0.1) is 23.7 Å². The number of ketones is 1. The molecule has 0 saturated heterocycles. The van der Waals surface area contributed by atoms with Gasteiger partial charge in [0.1, 0.15) is 23.1 Å². The van der Waals surface area contributed by atoms with E-state index in [0.29, 0.717) is 39.8 Å². The topological polar surface area (TPSA) is 112 Å². The van der Waals surface area contributed by atoms with Crippen LogP contribution in [0.5, 0.6) is 0 Å². The van der Waals surface area contributed by atoms with Crippen molar-refractivity contribution >= 4 is 34.8 Å². The Hall–Kier alpha value is -3.63. The van der Waals surface area contributed by atoms with E-state index in [1.165, 1.54) is 6.20 Å². The van der Waals surface area contributed by atoms with Gasteiger partial charge < -0.3 is 11.1 Å². The van der Waals surface area contributed by atoms with Crippen LogP contribution in [0.15, 0.2) is 59.2 Å². The van der Waals surface area contributed by atoms with Gasteiger partial charge in [0.15, 0.2) is 5.78 Å². The number of nitrogens with zero attached hydrogens (tertiary/aromatic N) is 3. The number of nitrogens with one attached hydrogen (secondary N) is 1. The minimum Gasteiger partial charge on any atom is -0.384 e. The molecule has 1 spiro atoms. The number of benzene rings is 1. The summed E-state index contributed by atoms with van der Waals surface area (Å²) in [7, 11) is 0. The Balaban J connectivity index is 1.90. The van der Waals surface area contributed by atoms with Gasteiger partial charge in [-0.1, -0.05) is 43.1 Å². The van der Waals surface area contributed by atoms with Gasteiger partial charge in [0.05, 0.1) is 10.6 Å². The number of hydrogen-bond acceptors (Lipinski definition) is 6. The van der Waals surface area contributed by atoms with Crippen molar-refractivity contribution in [2.75, 3.05) is 10.2 Å². The number of nitriles is 1. The van der Waals surface area contributed by atoms with Crippen molar-refractivity contribution < 1.29 is 9.59 Å². The number of carbonyl (C=O) groups is 2. The summed E-state index contributed by atoms with van der Waals surface area (Å²) in [4.78, 5) is 33.5. The van der Waals surface area contributed by atoms with Crippen molar-refractivity contribution in [1.82, 2.24) is 4.98 Å². The van der Waals surface area contributed by atoms with Crippen LogP contribution in [-0.2, 0) is 15.0 Å². The lowest BCUT2D eigenvalue weighted by molar-refractivity contribution is -0.123. The van der Waals surface area contributed by atoms with Crippen molar-refractivity contribution in [3.63, 3.8) is 0 Å². The lowest BCUT2D eigenvalue weighted by atomic mass is 9.60. The molecule has 1 aromatic heterocycles. The van der Waals surface area contributed by atoms with Gasteiger partial charge in [0, 0.05) is 35.1 Å². The van der Waals surface area contributed by atoms with E-state index in [0.717, 1.165) is 5.56 Å². The van der Waals surface area contributed by atoms with Crippen LogP contribution in [0.1, 0.15) is 37.8 Å². The number of halogens is 1. The summed E-state index contributed by atoms with van der Waals surface area (Å²) in [5.74, 6) is -0.0988. The molecular formula is C25H22ClN5O2. The molecule has 0 unspecified atom stereocenters. The smallest absolute Gasteiger partial charge is 0.245 e. The molecule has 8 heteroatoms. The maximum Gasteiger partial charge on any atom is 0.245 e. The first-order valence-corrected chi connectivity index (χ1v) is 11.0. The van der Waals surface area contributed by atoms with E-state index in [4.69, 9.17) is 17.3 Å². The molecule has 3 aliphatic rings. The fourth-order valence-corrected chi connectivity index (χ4v) is 5.41. The van der Waals surface area contributed by atoms with Gasteiger partial charge in [-0.3, -0.25) is 14.5 Å². The number of aryl methyl sites for hydroxylation is 1. The number of rotatable bonds is 1. The third-order valence-electron chi connectivity index (χ3n) is 6.59. The summed E-state index contributed by atoms with van der Waals surface area (Å²) in [6.45, 7) is 5.91. The van der Waals surface area contributed by atoms with Crippen molar-refractivity contribution in [3.05, 3.63) is 75.3 Å². The molecule has 3 heterocycles. The zero-order valence-corrected chi connectivity index (χ0v) is 19.2. The van der Waals surface area contributed by atoms with E-state index in [1.54, 1.807) is 23.1 Å². The quantitative estimate of drug-likeness (QED) is 0.664. The number of allylic oxidation sites excluding steroid dienone is 1. The Kier molecular flexibility index (Phi) is 4.46. The van der Waals surface area contributed by atoms with Gasteiger partial charge in [-0.05, 0) is 37.0 Å². The molecule has 166 valence electrons. The molecular weight excluding hydrogens is 438 g/mol. The standard InChI is InChI=1S/C25H22ClN5O2/c1-13-4-6-17-15(8-13)25(23(33)30-17)16(11-27)22(28)31(20-7-5-14(26)12-29-20)18-9-24(2,3)10-19(32)21(18)25/h4-8,12H,9-10,28H2,1-3H3,(H,30,33)/t25-/m1/s1. The van der Waals surface area contributed by atoms with Crippen LogP contribution < -0.4 is 16.0 Å². The zero-order valence-electron chi connectivity index (χ0n) is 18.5. The number of aromatic nitrogens is 1. The zero-order chi connectivity index (χ0) is 23.7. The molecule has 1 amide bonds. The van der Waals surface area contributed by atoms with E-state index < -0.39 is 11.3 Å². The fraction of sp³-hybridized carbons (Fsp3) is 0.280. The second-order valence-electron chi connectivity index (χ2n) is 9.56. The summed E-state index contributed by atoms with van der Waals surface area (Å²) in [6, 6.07) is 11.1. The van der Waals surface area contributed by atoms with E-state index >= 15 is 0 Å². The predicted molar refractivity (Wildman–Crippen MR) is 125 cm³/mol. The normalized spacial score (nSPS) is 23.4. The molecule has 3 N–H and O–H groups in total. The third kappa shape index (κ3) is 2.84. The SMILES string of the molecule is Cc1ccc2c(c1)[C@@]1(C(=O)N2)C(C#N)=C(N)N(c2ccc(Cl)cn2)C2=C1C(=O)CC(C)(C)C2. The molecule has 33 heavy (non-hydrogen) atoms. The third-order valence-corrected chi connectivity index (χ3v) is 6.81. The Morgan fingerprint density at radius 2 is 1.97 bits per heavy atom. The maximum atomic E-state index is 13.8. The van der Waals surface area contributed by atoms with Gasteiger partial charge in [-0.15, -0.1) is 0 Å². The number of amides is 1. The lowest BCUT2D eigenvalue weighted by Gasteiger charge is -2.46. The molecule has 5 rings (SSSR count). The molecule has 1 aromatic carbocycles. The highest BCUT2D eigenvalue weighted by Crippen LogP contribution is 2.57. The number of Topliss-reactive ketones (excluding diaryl/α,β-unsaturated/α-hetero) is 1. The Morgan fingerprint density at radius 3 is 2.64 bits per heavy atom. The Labute approximate surface area is 196 Å². The van der Waals surface area contributed by atoms with Crippen molar-refractivity contribution in [2.24, 2.45) is 11.1 Å². The summed E-state index contributed by atoms with van der Waals surface area (Å²) >= 11 is 6.04. The molecule has 2 aromatic rings. The number of fused-ring (bicyclic) bond motifs is 3. The van der Waals surface area contributed by atoms with E-state index in [1.807, 2.05) is 32.9 Å². The largest absolute Gasteiger partial charge is 0.384 e. The van der Waals surface area contributed by atoms with Gasteiger partial charge in [0.25, 0.3) is 0 Å². The molecule has 2 aliphatic heterocycles. The minimum atomic E-state index is -1.59. The minimum absolute atomic E-state index is 0.0212. The number of anilines is 2. The summed E-state index contributed by atoms with van der Waals surface area (Å²) in [5.41, 5.74) is 7.66. The van der Waals surface area contributed by atoms with Crippen molar-refractivity contribution in [2.45, 2.75) is 39.0 Å². The molecule has 7 nitrogen and oxygen atoms in total. The number of pyridine rings is 1. The van der Waals surface area contributed by atoms with E-state index in [-0.39, 0.29) is 29.0 Å². The highest BCUT2D eigenvalue weighted by atomic mass is 35.5. The molecule has 1 atom stereocenters. The summed E-state index contributed by atoms with van der Waals surface area (Å²) in [5, 5.41) is 13.7.